The number of rotatable bonds is 2. The molecule has 8 heteroatoms. The van der Waals surface area contributed by atoms with Crippen LogP contribution in [0.5, 0.6) is 11.6 Å². The number of ether oxygens (including phenoxy) is 1. The number of nitriles is 1. The molecule has 0 unspecified atom stereocenters. The molecule has 1 N–H and O–H groups in total. The molecule has 4 nitrogen and oxygen atoms in total. The van der Waals surface area contributed by atoms with Crippen molar-refractivity contribution in [1.29, 1.82) is 5.26 Å². The van der Waals surface area contributed by atoms with Crippen molar-refractivity contribution in [1.82, 2.24) is 4.98 Å². The van der Waals surface area contributed by atoms with E-state index in [0.717, 1.165) is 12.1 Å². The van der Waals surface area contributed by atoms with Gasteiger partial charge in [-0.25, -0.2) is 18.2 Å². The number of alkyl halides is 2. The van der Waals surface area contributed by atoms with E-state index in [2.05, 4.69) is 17.6 Å². The summed E-state index contributed by atoms with van der Waals surface area (Å²) in [7, 11) is 0. The minimum Gasteiger partial charge on any atom is -0.438 e. The normalized spacial score (nSPS) is 22.5. The summed E-state index contributed by atoms with van der Waals surface area (Å²) in [6.07, 6.45) is -4.81. The molecule has 2 aromatic rings. The van der Waals surface area contributed by atoms with Gasteiger partial charge in [0.2, 0.25) is 5.88 Å². The van der Waals surface area contributed by atoms with E-state index in [9.17, 15) is 18.3 Å². The van der Waals surface area contributed by atoms with Crippen molar-refractivity contribution in [3.63, 3.8) is 0 Å². The van der Waals surface area contributed by atoms with Crippen LogP contribution in [0.25, 0.3) is 0 Å². The maximum absolute atomic E-state index is 14.1. The number of halogens is 3. The van der Waals surface area contributed by atoms with Gasteiger partial charge in [0.05, 0.1) is 17.2 Å². The summed E-state index contributed by atoms with van der Waals surface area (Å²) in [5.41, 5.74) is -0.307. The van der Waals surface area contributed by atoms with Crippen molar-refractivity contribution in [3.05, 3.63) is 46.9 Å². The maximum Gasteiger partial charge on any atom is 0.225 e. The molecule has 0 saturated carbocycles. The van der Waals surface area contributed by atoms with Gasteiger partial charge < -0.3 is 9.84 Å². The second-order valence-corrected chi connectivity index (χ2v) is 5.44. The third-order valence-corrected chi connectivity index (χ3v) is 3.82. The summed E-state index contributed by atoms with van der Waals surface area (Å²) < 4.78 is 46.6. The minimum absolute atomic E-state index is 0.00246. The molecule has 0 bridgehead atoms. The van der Waals surface area contributed by atoms with Crippen molar-refractivity contribution in [2.75, 3.05) is 0 Å². The van der Waals surface area contributed by atoms with E-state index < -0.39 is 24.3 Å². The Balaban J connectivity index is 2.07. The minimum atomic E-state index is -2.16. The first-order valence-corrected chi connectivity index (χ1v) is 6.93. The quantitative estimate of drug-likeness (QED) is 0.822. The van der Waals surface area contributed by atoms with E-state index in [0.29, 0.717) is 0 Å². The second-order valence-electron chi connectivity index (χ2n) is 4.96. The summed E-state index contributed by atoms with van der Waals surface area (Å²) >= 11 is 4.04. The molecule has 0 radical (unpaired) electrons. The van der Waals surface area contributed by atoms with Gasteiger partial charge in [0, 0.05) is 22.7 Å². The number of aliphatic hydroxyl groups excluding tert-OH is 1. The number of aliphatic hydroxyl groups is 1. The molecule has 0 aliphatic heterocycles. The van der Waals surface area contributed by atoms with Crippen molar-refractivity contribution >= 4 is 12.6 Å². The molecule has 118 valence electrons. The largest absolute Gasteiger partial charge is 0.438 e. The van der Waals surface area contributed by atoms with Crippen molar-refractivity contribution in [2.45, 2.75) is 23.3 Å². The van der Waals surface area contributed by atoms with Crippen LogP contribution in [0.15, 0.2) is 29.3 Å². The lowest BCUT2D eigenvalue weighted by Gasteiger charge is -2.12. The summed E-state index contributed by atoms with van der Waals surface area (Å²) in [6, 6.07) is 4.97. The molecule has 1 aromatic carbocycles. The van der Waals surface area contributed by atoms with Gasteiger partial charge in [-0.1, -0.05) is 0 Å². The Kier molecular flexibility index (Phi) is 3.92. The van der Waals surface area contributed by atoms with Gasteiger partial charge in [0.15, 0.2) is 12.3 Å². The first-order chi connectivity index (χ1) is 10.9. The Hall–Kier alpha value is -2.24. The highest BCUT2D eigenvalue weighted by Gasteiger charge is 2.45. The van der Waals surface area contributed by atoms with E-state index in [1.165, 1.54) is 12.3 Å². The SMILES string of the molecule is N#Cc1cc(F)cc(Oc2ncc(S)c3c2[C@@H](F)[C@@H](F)[C@H]3O)c1. The summed E-state index contributed by atoms with van der Waals surface area (Å²) in [5.74, 6) is -1.12. The molecule has 1 heterocycles. The highest BCUT2D eigenvalue weighted by Crippen LogP contribution is 2.49. The number of benzene rings is 1. The van der Waals surface area contributed by atoms with Crippen LogP contribution in [-0.2, 0) is 0 Å². The number of nitrogens with zero attached hydrogens (tertiary/aromatic N) is 2. The Morgan fingerprint density at radius 3 is 2.70 bits per heavy atom. The summed E-state index contributed by atoms with van der Waals surface area (Å²) in [5, 5.41) is 18.6. The number of thiol groups is 1. The van der Waals surface area contributed by atoms with Gasteiger partial charge in [-0.3, -0.25) is 0 Å². The molecule has 1 aromatic heterocycles. The molecule has 0 saturated heterocycles. The fourth-order valence-corrected chi connectivity index (χ4v) is 2.76. The van der Waals surface area contributed by atoms with Crippen LogP contribution in [0, 0.1) is 17.1 Å². The fourth-order valence-electron chi connectivity index (χ4n) is 2.45. The molecular formula is C15H9F3N2O2S. The second kappa shape index (κ2) is 5.76. The smallest absolute Gasteiger partial charge is 0.225 e. The molecule has 3 atom stereocenters. The topological polar surface area (TPSA) is 66.1 Å². The first kappa shape index (κ1) is 15.6. The van der Waals surface area contributed by atoms with Crippen LogP contribution in [0.2, 0.25) is 0 Å². The summed E-state index contributed by atoms with van der Waals surface area (Å²) in [4.78, 5) is 3.95. The van der Waals surface area contributed by atoms with Gasteiger partial charge in [0.1, 0.15) is 17.7 Å². The van der Waals surface area contributed by atoms with E-state index in [1.54, 1.807) is 6.07 Å². The predicted molar refractivity (Wildman–Crippen MR) is 76.4 cm³/mol. The molecule has 0 fully saturated rings. The monoisotopic (exact) mass is 338 g/mol. The lowest BCUT2D eigenvalue weighted by molar-refractivity contribution is 0.0455. The van der Waals surface area contributed by atoms with Crippen molar-refractivity contribution in [2.24, 2.45) is 0 Å². The van der Waals surface area contributed by atoms with Crippen LogP contribution in [-0.4, -0.2) is 16.3 Å². The predicted octanol–water partition coefficient (Wildman–Crippen LogP) is 3.57. The van der Waals surface area contributed by atoms with Crippen LogP contribution in [0.4, 0.5) is 13.2 Å². The average molecular weight is 338 g/mol. The maximum atomic E-state index is 14.1. The number of hydrogen-bond donors (Lipinski definition) is 2. The zero-order valence-corrected chi connectivity index (χ0v) is 12.3. The molecule has 0 spiro atoms. The molecular weight excluding hydrogens is 329 g/mol. The Labute approximate surface area is 134 Å². The highest BCUT2D eigenvalue weighted by molar-refractivity contribution is 7.80. The molecule has 1 aliphatic carbocycles. The number of aromatic nitrogens is 1. The van der Waals surface area contributed by atoms with Gasteiger partial charge in [-0.2, -0.15) is 5.26 Å². The van der Waals surface area contributed by atoms with Crippen LogP contribution in [0.3, 0.4) is 0 Å². The number of pyridine rings is 1. The third-order valence-electron chi connectivity index (χ3n) is 3.47. The highest BCUT2D eigenvalue weighted by atomic mass is 32.1. The Morgan fingerprint density at radius 2 is 2.00 bits per heavy atom. The van der Waals surface area contributed by atoms with Gasteiger partial charge in [-0.05, 0) is 12.1 Å². The first-order valence-electron chi connectivity index (χ1n) is 6.49. The van der Waals surface area contributed by atoms with E-state index in [1.807, 2.05) is 0 Å². The Bertz CT molecular complexity index is 825. The van der Waals surface area contributed by atoms with Crippen molar-refractivity contribution < 1.29 is 23.0 Å². The third kappa shape index (κ3) is 2.62. The van der Waals surface area contributed by atoms with E-state index in [4.69, 9.17) is 10.00 Å². The average Bonchev–Trinajstić information content (AvgIpc) is 2.75. The van der Waals surface area contributed by atoms with Gasteiger partial charge in [0.25, 0.3) is 0 Å². The molecule has 23 heavy (non-hydrogen) atoms. The lowest BCUT2D eigenvalue weighted by Crippen LogP contribution is -2.09. The summed E-state index contributed by atoms with van der Waals surface area (Å²) in [6.45, 7) is 0. The molecule has 0 amide bonds. The van der Waals surface area contributed by atoms with Crippen LogP contribution < -0.4 is 4.74 Å². The van der Waals surface area contributed by atoms with Crippen LogP contribution >= 0.6 is 12.6 Å². The number of hydrogen-bond acceptors (Lipinski definition) is 5. The lowest BCUT2D eigenvalue weighted by atomic mass is 10.1. The fraction of sp³-hybridized carbons (Fsp3) is 0.200. The van der Waals surface area contributed by atoms with E-state index in [-0.39, 0.29) is 33.2 Å². The van der Waals surface area contributed by atoms with Gasteiger partial charge in [-0.15, -0.1) is 12.6 Å². The number of fused-ring (bicyclic) bond motifs is 1. The van der Waals surface area contributed by atoms with Gasteiger partial charge >= 0.3 is 0 Å². The van der Waals surface area contributed by atoms with E-state index >= 15 is 0 Å². The Morgan fingerprint density at radius 1 is 1.26 bits per heavy atom. The molecule has 1 aliphatic rings. The zero-order chi connectivity index (χ0) is 16.7. The zero-order valence-electron chi connectivity index (χ0n) is 11.4. The molecule has 3 rings (SSSR count). The van der Waals surface area contributed by atoms with Crippen molar-refractivity contribution in [3.8, 4) is 17.7 Å². The van der Waals surface area contributed by atoms with Crippen LogP contribution in [0.1, 0.15) is 29.0 Å². The standard InChI is InChI=1S/C15H9F3N2O2S/c16-7-1-6(4-19)2-8(3-7)22-15-11-10(9(23)5-20-15)14(21)13(18)12(11)17/h1-3,5,12-14,21,23H/t12-,13-,14+/m1/s1.